The Morgan fingerprint density at radius 3 is 2.94 bits per heavy atom. The molecule has 1 heterocycles. The summed E-state index contributed by atoms with van der Waals surface area (Å²) < 4.78 is 5.65. The SMILES string of the molecule is Cc1cccc(OCc2ccc(C(=O)NN)s2)c1. The highest BCUT2D eigenvalue weighted by molar-refractivity contribution is 7.14. The minimum atomic E-state index is -0.276. The Balaban J connectivity index is 1.98. The van der Waals surface area contributed by atoms with E-state index >= 15 is 0 Å². The van der Waals surface area contributed by atoms with Crippen molar-refractivity contribution in [1.82, 2.24) is 5.43 Å². The monoisotopic (exact) mass is 262 g/mol. The molecule has 0 aliphatic heterocycles. The van der Waals surface area contributed by atoms with E-state index in [1.165, 1.54) is 11.3 Å². The highest BCUT2D eigenvalue weighted by Gasteiger charge is 2.07. The molecule has 4 nitrogen and oxygen atoms in total. The number of nitrogens with two attached hydrogens (primary N) is 1. The molecule has 1 aromatic carbocycles. The Morgan fingerprint density at radius 2 is 2.22 bits per heavy atom. The van der Waals surface area contributed by atoms with E-state index in [1.54, 1.807) is 6.07 Å². The fourth-order valence-electron chi connectivity index (χ4n) is 1.51. The first-order valence-corrected chi connectivity index (χ1v) is 6.30. The number of ether oxygens (including phenoxy) is 1. The van der Waals surface area contributed by atoms with Crippen molar-refractivity contribution >= 4 is 17.2 Å². The summed E-state index contributed by atoms with van der Waals surface area (Å²) in [6.45, 7) is 2.47. The summed E-state index contributed by atoms with van der Waals surface area (Å²) in [5, 5.41) is 0. The van der Waals surface area contributed by atoms with E-state index in [2.05, 4.69) is 5.43 Å². The third kappa shape index (κ3) is 3.09. The standard InChI is InChI=1S/C13H14N2O2S/c1-9-3-2-4-10(7-9)17-8-11-5-6-12(18-11)13(16)15-14/h2-7H,8,14H2,1H3,(H,15,16). The first kappa shape index (κ1) is 12.6. The van der Waals surface area contributed by atoms with Gasteiger partial charge in [-0.3, -0.25) is 10.2 Å². The Bertz CT molecular complexity index is 551. The summed E-state index contributed by atoms with van der Waals surface area (Å²) in [5.74, 6) is 5.62. The van der Waals surface area contributed by atoms with Crippen molar-refractivity contribution in [3.63, 3.8) is 0 Å². The van der Waals surface area contributed by atoms with Crippen molar-refractivity contribution in [2.45, 2.75) is 13.5 Å². The number of benzene rings is 1. The van der Waals surface area contributed by atoms with Gasteiger partial charge in [-0.05, 0) is 36.8 Å². The Morgan fingerprint density at radius 1 is 1.39 bits per heavy atom. The zero-order chi connectivity index (χ0) is 13.0. The minimum absolute atomic E-state index is 0.276. The van der Waals surface area contributed by atoms with Crippen LogP contribution in [-0.2, 0) is 6.61 Å². The van der Waals surface area contributed by atoms with E-state index in [-0.39, 0.29) is 5.91 Å². The van der Waals surface area contributed by atoms with E-state index < -0.39 is 0 Å². The van der Waals surface area contributed by atoms with Crippen LogP contribution >= 0.6 is 11.3 Å². The number of carbonyl (C=O) groups excluding carboxylic acids is 1. The van der Waals surface area contributed by atoms with Gasteiger partial charge in [0.2, 0.25) is 0 Å². The molecule has 0 spiro atoms. The number of aryl methyl sites for hydroxylation is 1. The summed E-state index contributed by atoms with van der Waals surface area (Å²) in [6, 6.07) is 11.5. The number of hydrazine groups is 1. The van der Waals surface area contributed by atoms with Crippen LogP contribution in [0, 0.1) is 6.92 Å². The van der Waals surface area contributed by atoms with Gasteiger partial charge < -0.3 is 4.74 Å². The topological polar surface area (TPSA) is 64.3 Å². The first-order valence-electron chi connectivity index (χ1n) is 5.48. The van der Waals surface area contributed by atoms with Crippen molar-refractivity contribution in [3.05, 3.63) is 51.7 Å². The maximum absolute atomic E-state index is 11.3. The summed E-state index contributed by atoms with van der Waals surface area (Å²) in [5.41, 5.74) is 3.26. The predicted molar refractivity (Wildman–Crippen MR) is 71.5 cm³/mol. The van der Waals surface area contributed by atoms with Gasteiger partial charge in [0.15, 0.2) is 0 Å². The molecular formula is C13H14N2O2S. The lowest BCUT2D eigenvalue weighted by Crippen LogP contribution is -2.29. The van der Waals surface area contributed by atoms with E-state index in [9.17, 15) is 4.79 Å². The maximum atomic E-state index is 11.3. The third-order valence-electron chi connectivity index (χ3n) is 2.39. The Kier molecular flexibility index (Phi) is 3.96. The van der Waals surface area contributed by atoms with Crippen LogP contribution in [0.2, 0.25) is 0 Å². The van der Waals surface area contributed by atoms with Gasteiger partial charge in [0.25, 0.3) is 5.91 Å². The molecule has 0 atom stereocenters. The molecule has 3 N–H and O–H groups in total. The normalized spacial score (nSPS) is 10.1. The molecule has 2 rings (SSSR count). The second kappa shape index (κ2) is 5.66. The smallest absolute Gasteiger partial charge is 0.275 e. The van der Waals surface area contributed by atoms with Gasteiger partial charge in [0, 0.05) is 4.88 Å². The zero-order valence-electron chi connectivity index (χ0n) is 9.97. The lowest BCUT2D eigenvalue weighted by Gasteiger charge is -2.04. The van der Waals surface area contributed by atoms with Crippen LogP contribution in [0.5, 0.6) is 5.75 Å². The molecular weight excluding hydrogens is 248 g/mol. The number of thiophene rings is 1. The number of amides is 1. The van der Waals surface area contributed by atoms with Gasteiger partial charge in [-0.2, -0.15) is 0 Å². The zero-order valence-corrected chi connectivity index (χ0v) is 10.8. The van der Waals surface area contributed by atoms with Crippen molar-refractivity contribution in [1.29, 1.82) is 0 Å². The van der Waals surface area contributed by atoms with Gasteiger partial charge in [0.1, 0.15) is 12.4 Å². The van der Waals surface area contributed by atoms with Crippen molar-refractivity contribution in [2.75, 3.05) is 0 Å². The third-order valence-corrected chi connectivity index (χ3v) is 3.44. The van der Waals surface area contributed by atoms with Gasteiger partial charge in [-0.15, -0.1) is 11.3 Å². The molecule has 0 aliphatic rings. The second-order valence-corrected chi connectivity index (χ2v) is 5.01. The number of rotatable bonds is 4. The second-order valence-electron chi connectivity index (χ2n) is 3.84. The average molecular weight is 262 g/mol. The molecule has 2 aromatic rings. The molecule has 18 heavy (non-hydrogen) atoms. The fraction of sp³-hybridized carbons (Fsp3) is 0.154. The number of hydrogen-bond donors (Lipinski definition) is 2. The summed E-state index contributed by atoms with van der Waals surface area (Å²) >= 11 is 1.37. The van der Waals surface area contributed by atoms with Crippen LogP contribution in [0.25, 0.3) is 0 Å². The van der Waals surface area contributed by atoms with Gasteiger partial charge in [0.05, 0.1) is 4.88 Å². The number of hydrogen-bond acceptors (Lipinski definition) is 4. The molecule has 1 amide bonds. The van der Waals surface area contributed by atoms with Gasteiger partial charge in [-0.1, -0.05) is 12.1 Å². The molecule has 0 saturated carbocycles. The highest BCUT2D eigenvalue weighted by Crippen LogP contribution is 2.19. The highest BCUT2D eigenvalue weighted by atomic mass is 32.1. The Hall–Kier alpha value is -1.85. The van der Waals surface area contributed by atoms with Crippen LogP contribution in [0.1, 0.15) is 20.1 Å². The molecule has 0 radical (unpaired) electrons. The Labute approximate surface area is 109 Å². The lowest BCUT2D eigenvalue weighted by atomic mass is 10.2. The minimum Gasteiger partial charge on any atom is -0.488 e. The van der Waals surface area contributed by atoms with E-state index in [0.29, 0.717) is 11.5 Å². The van der Waals surface area contributed by atoms with E-state index in [1.807, 2.05) is 37.3 Å². The van der Waals surface area contributed by atoms with Crippen LogP contribution < -0.4 is 16.0 Å². The van der Waals surface area contributed by atoms with Crippen LogP contribution in [0.4, 0.5) is 0 Å². The molecule has 0 aliphatic carbocycles. The average Bonchev–Trinajstić information content (AvgIpc) is 2.84. The molecule has 0 saturated heterocycles. The lowest BCUT2D eigenvalue weighted by molar-refractivity contribution is 0.0957. The maximum Gasteiger partial charge on any atom is 0.275 e. The summed E-state index contributed by atoms with van der Waals surface area (Å²) in [6.07, 6.45) is 0. The van der Waals surface area contributed by atoms with Gasteiger partial charge >= 0.3 is 0 Å². The fourth-order valence-corrected chi connectivity index (χ4v) is 2.33. The number of nitrogen functional groups attached to an aromatic ring is 1. The largest absolute Gasteiger partial charge is 0.488 e. The summed E-state index contributed by atoms with van der Waals surface area (Å²) in [4.78, 5) is 12.8. The quantitative estimate of drug-likeness (QED) is 0.504. The van der Waals surface area contributed by atoms with Gasteiger partial charge in [-0.25, -0.2) is 5.84 Å². The van der Waals surface area contributed by atoms with Crippen molar-refractivity contribution in [2.24, 2.45) is 5.84 Å². The van der Waals surface area contributed by atoms with Crippen LogP contribution in [0.15, 0.2) is 36.4 Å². The van der Waals surface area contributed by atoms with E-state index in [0.717, 1.165) is 16.2 Å². The number of nitrogens with one attached hydrogen (secondary N) is 1. The summed E-state index contributed by atoms with van der Waals surface area (Å²) in [7, 11) is 0. The van der Waals surface area contributed by atoms with Crippen LogP contribution in [-0.4, -0.2) is 5.91 Å². The molecule has 0 bridgehead atoms. The molecule has 94 valence electrons. The first-order chi connectivity index (χ1) is 8.69. The molecule has 1 aromatic heterocycles. The molecule has 0 fully saturated rings. The molecule has 5 heteroatoms. The van der Waals surface area contributed by atoms with Crippen molar-refractivity contribution < 1.29 is 9.53 Å². The van der Waals surface area contributed by atoms with Crippen LogP contribution in [0.3, 0.4) is 0 Å². The molecule has 0 unspecified atom stereocenters. The number of carbonyl (C=O) groups is 1. The predicted octanol–water partition coefficient (Wildman–Crippen LogP) is 2.24. The van der Waals surface area contributed by atoms with E-state index in [4.69, 9.17) is 10.6 Å². The van der Waals surface area contributed by atoms with Crippen molar-refractivity contribution in [3.8, 4) is 5.75 Å².